The van der Waals surface area contributed by atoms with Crippen LogP contribution in [0.5, 0.6) is 0 Å². The third-order valence-electron chi connectivity index (χ3n) is 1.31. The first-order chi connectivity index (χ1) is 5.85. The summed E-state index contributed by atoms with van der Waals surface area (Å²) < 4.78 is 10.4. The van der Waals surface area contributed by atoms with Crippen LogP contribution in [0.1, 0.15) is 20.3 Å². The van der Waals surface area contributed by atoms with Gasteiger partial charge in [0.05, 0.1) is 0 Å². The maximum atomic E-state index is 11.0. The highest BCUT2D eigenvalue weighted by Crippen LogP contribution is 2.34. The Balaban J connectivity index is 4.00. The lowest BCUT2D eigenvalue weighted by molar-refractivity contribution is -0.117. The second-order valence-electron chi connectivity index (χ2n) is 2.86. The van der Waals surface area contributed by atoms with E-state index in [1.165, 1.54) is 0 Å². The monoisotopic (exact) mass is 204 g/mol. The molecule has 0 bridgehead atoms. The third-order valence-corrected chi connectivity index (χ3v) is 2.07. The van der Waals surface area contributed by atoms with Crippen molar-refractivity contribution in [3.05, 3.63) is 0 Å². The van der Waals surface area contributed by atoms with Crippen LogP contribution in [0.4, 0.5) is 0 Å². The molecule has 0 aromatic rings. The highest BCUT2D eigenvalue weighted by atomic mass is 31.2. The van der Waals surface area contributed by atoms with E-state index in [2.05, 4.69) is 11.8 Å². The lowest BCUT2D eigenvalue weighted by Crippen LogP contribution is -2.09. The van der Waals surface area contributed by atoms with Gasteiger partial charge in [0, 0.05) is 12.3 Å². The number of carbonyl (C=O) groups is 1. The van der Waals surface area contributed by atoms with Gasteiger partial charge >= 0.3 is 7.60 Å². The first kappa shape index (κ1) is 12.4. The van der Waals surface area contributed by atoms with Crippen LogP contribution in [0.3, 0.4) is 0 Å². The summed E-state index contributed by atoms with van der Waals surface area (Å²) in [7, 11) is -4.19. The molecule has 1 atom stereocenters. The van der Waals surface area contributed by atoms with Gasteiger partial charge in [-0.3, -0.25) is 9.36 Å². The average Bonchev–Trinajstić information content (AvgIpc) is 1.81. The van der Waals surface area contributed by atoms with Crippen molar-refractivity contribution in [2.75, 3.05) is 6.16 Å². The van der Waals surface area contributed by atoms with Gasteiger partial charge < -0.3 is 9.79 Å². The summed E-state index contributed by atoms with van der Waals surface area (Å²) in [5.41, 5.74) is 0. The fourth-order valence-electron chi connectivity index (χ4n) is 0.933. The molecule has 1 unspecified atom stereocenters. The van der Waals surface area contributed by atoms with Gasteiger partial charge in [-0.05, 0) is 6.92 Å². The minimum absolute atomic E-state index is 0.103. The first-order valence-electron chi connectivity index (χ1n) is 3.83. The summed E-state index contributed by atoms with van der Waals surface area (Å²) in [4.78, 5) is 28.0. The summed E-state index contributed by atoms with van der Waals surface area (Å²) in [5, 5.41) is 0. The molecule has 4 nitrogen and oxygen atoms in total. The molecule has 0 aliphatic heterocycles. The quantitative estimate of drug-likeness (QED) is 0.524. The Morgan fingerprint density at radius 3 is 2.46 bits per heavy atom. The second-order valence-corrected chi connectivity index (χ2v) is 4.51. The van der Waals surface area contributed by atoms with E-state index < -0.39 is 19.5 Å². The molecule has 0 spiro atoms. The lowest BCUT2D eigenvalue weighted by Gasteiger charge is -2.04. The van der Waals surface area contributed by atoms with Crippen LogP contribution in [0.15, 0.2) is 0 Å². The zero-order chi connectivity index (χ0) is 10.5. The Kier molecular flexibility index (Phi) is 4.94. The van der Waals surface area contributed by atoms with E-state index in [1.54, 1.807) is 13.8 Å². The van der Waals surface area contributed by atoms with E-state index >= 15 is 0 Å². The number of hydrogen-bond donors (Lipinski definition) is 2. The molecule has 74 valence electrons. The molecule has 0 aliphatic rings. The van der Waals surface area contributed by atoms with Crippen molar-refractivity contribution in [2.45, 2.75) is 20.3 Å². The molecule has 0 amide bonds. The normalized spacial score (nSPS) is 12.9. The van der Waals surface area contributed by atoms with E-state index in [0.29, 0.717) is 0 Å². The summed E-state index contributed by atoms with van der Waals surface area (Å²) in [6.07, 6.45) is -0.575. The van der Waals surface area contributed by atoms with Crippen molar-refractivity contribution < 1.29 is 19.1 Å². The fourth-order valence-corrected chi connectivity index (χ4v) is 1.52. The van der Waals surface area contributed by atoms with Crippen molar-refractivity contribution in [3.63, 3.8) is 0 Å². The topological polar surface area (TPSA) is 74.6 Å². The van der Waals surface area contributed by atoms with Crippen LogP contribution in [0, 0.1) is 17.8 Å². The molecule has 0 aromatic carbocycles. The predicted octanol–water partition coefficient (Wildman–Crippen LogP) is 0.783. The van der Waals surface area contributed by atoms with Gasteiger partial charge in [-0.2, -0.15) is 0 Å². The minimum atomic E-state index is -4.19. The first-order valence-corrected chi connectivity index (χ1v) is 5.63. The number of hydrogen-bond acceptors (Lipinski definition) is 2. The van der Waals surface area contributed by atoms with Crippen LogP contribution >= 0.6 is 7.60 Å². The lowest BCUT2D eigenvalue weighted by atomic mass is 10.1. The predicted molar refractivity (Wildman–Crippen MR) is 49.1 cm³/mol. The van der Waals surface area contributed by atoms with Gasteiger partial charge in [-0.15, -0.1) is 11.8 Å². The van der Waals surface area contributed by atoms with Crippen LogP contribution in [-0.2, 0) is 9.36 Å². The summed E-state index contributed by atoms with van der Waals surface area (Å²) in [6, 6.07) is 0. The van der Waals surface area contributed by atoms with Gasteiger partial charge in [0.1, 0.15) is 11.9 Å². The van der Waals surface area contributed by atoms with Crippen LogP contribution in [0.2, 0.25) is 0 Å². The van der Waals surface area contributed by atoms with Gasteiger partial charge in [0.2, 0.25) is 0 Å². The van der Waals surface area contributed by atoms with E-state index in [1.807, 2.05) is 0 Å². The van der Waals surface area contributed by atoms with Crippen molar-refractivity contribution in [1.29, 1.82) is 0 Å². The number of Topliss-reactive ketones (excluding diaryl/α,β-unsaturated/α-hetero) is 1. The van der Waals surface area contributed by atoms with E-state index in [9.17, 15) is 9.36 Å². The van der Waals surface area contributed by atoms with Crippen LogP contribution in [-0.4, -0.2) is 21.7 Å². The van der Waals surface area contributed by atoms with E-state index in [4.69, 9.17) is 9.79 Å². The maximum Gasteiger partial charge on any atom is 0.332 e. The Morgan fingerprint density at radius 2 is 2.08 bits per heavy atom. The largest absolute Gasteiger partial charge is 0.332 e. The number of ketones is 1. The molecule has 5 heteroatoms. The van der Waals surface area contributed by atoms with Crippen LogP contribution < -0.4 is 0 Å². The fraction of sp³-hybridized carbons (Fsp3) is 0.625. The summed E-state index contributed by atoms with van der Waals surface area (Å²) >= 11 is 0. The third kappa shape index (κ3) is 7.73. The summed E-state index contributed by atoms with van der Waals surface area (Å²) in [5.74, 6) is 4.80. The smallest absolute Gasteiger partial charge is 0.324 e. The SMILES string of the molecule is CC#CC(C)CC(=O)CP(=O)(O)O. The second kappa shape index (κ2) is 5.18. The molecule has 0 heterocycles. The van der Waals surface area contributed by atoms with Crippen molar-refractivity contribution >= 4 is 13.4 Å². The Morgan fingerprint density at radius 1 is 1.54 bits per heavy atom. The molecule has 0 saturated carbocycles. The molecular formula is C8H13O4P. The van der Waals surface area contributed by atoms with E-state index in [0.717, 1.165) is 0 Å². The molecular weight excluding hydrogens is 191 g/mol. The molecule has 2 N–H and O–H groups in total. The molecule has 0 aliphatic carbocycles. The molecule has 0 rings (SSSR count). The Bertz CT molecular complexity index is 280. The summed E-state index contributed by atoms with van der Waals surface area (Å²) in [6.45, 7) is 3.40. The average molecular weight is 204 g/mol. The highest BCUT2D eigenvalue weighted by Gasteiger charge is 2.19. The molecule has 0 aromatic heterocycles. The number of rotatable bonds is 4. The highest BCUT2D eigenvalue weighted by molar-refractivity contribution is 7.52. The van der Waals surface area contributed by atoms with Gasteiger partial charge in [-0.1, -0.05) is 6.92 Å². The number of carbonyl (C=O) groups excluding carboxylic acids is 1. The Hall–Kier alpha value is -0.620. The molecule has 13 heavy (non-hydrogen) atoms. The Labute approximate surface area is 77.5 Å². The van der Waals surface area contributed by atoms with Crippen molar-refractivity contribution in [1.82, 2.24) is 0 Å². The van der Waals surface area contributed by atoms with Gasteiger partial charge in [0.25, 0.3) is 0 Å². The van der Waals surface area contributed by atoms with Gasteiger partial charge in [-0.25, -0.2) is 0 Å². The van der Waals surface area contributed by atoms with E-state index in [-0.39, 0.29) is 12.3 Å². The molecule has 0 saturated heterocycles. The van der Waals surface area contributed by atoms with Gasteiger partial charge in [0.15, 0.2) is 0 Å². The van der Waals surface area contributed by atoms with Crippen molar-refractivity contribution in [2.24, 2.45) is 5.92 Å². The van der Waals surface area contributed by atoms with Crippen molar-refractivity contribution in [3.8, 4) is 11.8 Å². The zero-order valence-electron chi connectivity index (χ0n) is 7.65. The maximum absolute atomic E-state index is 11.0. The van der Waals surface area contributed by atoms with Crippen LogP contribution in [0.25, 0.3) is 0 Å². The zero-order valence-corrected chi connectivity index (χ0v) is 8.54. The molecule has 0 fully saturated rings. The minimum Gasteiger partial charge on any atom is -0.324 e. The molecule has 0 radical (unpaired) electrons. The standard InChI is InChI=1S/C8H13O4P/c1-3-4-7(2)5-8(9)6-13(10,11)12/h7H,5-6H2,1-2H3,(H2,10,11,12).